The molecule has 0 aromatic carbocycles. The number of aliphatic hydroxyl groups excluding tert-OH is 1. The van der Waals surface area contributed by atoms with E-state index in [2.05, 4.69) is 9.88 Å². The summed E-state index contributed by atoms with van der Waals surface area (Å²) in [5.74, 6) is 0. The maximum absolute atomic E-state index is 9.50. The molecule has 0 amide bonds. The second-order valence-corrected chi connectivity index (χ2v) is 3.89. The summed E-state index contributed by atoms with van der Waals surface area (Å²) in [7, 11) is 0. The molecule has 1 N–H and O–H groups in total. The van der Waals surface area contributed by atoms with E-state index >= 15 is 0 Å². The number of pyridine rings is 1. The quantitative estimate of drug-likeness (QED) is 0.760. The van der Waals surface area contributed by atoms with Crippen molar-refractivity contribution >= 4 is 0 Å². The number of hydrogen-bond donors (Lipinski definition) is 1. The zero-order valence-corrected chi connectivity index (χ0v) is 8.26. The van der Waals surface area contributed by atoms with Crippen LogP contribution >= 0.6 is 0 Å². The highest BCUT2D eigenvalue weighted by molar-refractivity contribution is 5.09. The lowest BCUT2D eigenvalue weighted by molar-refractivity contribution is 0.0668. The highest BCUT2D eigenvalue weighted by atomic mass is 16.3. The van der Waals surface area contributed by atoms with Crippen molar-refractivity contribution in [3.05, 3.63) is 30.1 Å². The molecule has 1 saturated heterocycles. The largest absolute Gasteiger partial charge is 0.392 e. The first-order chi connectivity index (χ1) is 6.84. The third kappa shape index (κ3) is 2.53. The number of aromatic nitrogens is 1. The number of nitrogens with zero attached hydrogens (tertiary/aromatic N) is 2. The smallest absolute Gasteiger partial charge is 0.0667 e. The van der Waals surface area contributed by atoms with Gasteiger partial charge in [0.25, 0.3) is 0 Å². The Hall–Kier alpha value is -0.930. The second kappa shape index (κ2) is 4.53. The summed E-state index contributed by atoms with van der Waals surface area (Å²) in [6.45, 7) is 2.83. The molecule has 2 rings (SSSR count). The highest BCUT2D eigenvalue weighted by Crippen LogP contribution is 2.12. The van der Waals surface area contributed by atoms with Crippen LogP contribution in [0.2, 0.25) is 0 Å². The molecule has 0 radical (unpaired) electrons. The summed E-state index contributed by atoms with van der Waals surface area (Å²) in [6, 6.07) is 4.06. The van der Waals surface area contributed by atoms with E-state index in [1.54, 1.807) is 0 Å². The standard InChI is InChI=1S/C11H16N2O/c14-11-2-1-7-13(9-11)8-10-3-5-12-6-4-10/h3-6,11,14H,1-2,7-9H2/t11-/m1/s1. The van der Waals surface area contributed by atoms with Crippen molar-refractivity contribution < 1.29 is 5.11 Å². The minimum atomic E-state index is -0.134. The van der Waals surface area contributed by atoms with E-state index in [0.717, 1.165) is 32.5 Å². The lowest BCUT2D eigenvalue weighted by Gasteiger charge is -2.29. The Morgan fingerprint density at radius 2 is 2.21 bits per heavy atom. The van der Waals surface area contributed by atoms with Crippen LogP contribution in [0.5, 0.6) is 0 Å². The van der Waals surface area contributed by atoms with Crippen molar-refractivity contribution in [3.8, 4) is 0 Å². The maximum atomic E-state index is 9.50. The lowest BCUT2D eigenvalue weighted by Crippen LogP contribution is -2.37. The van der Waals surface area contributed by atoms with Crippen LogP contribution in [-0.4, -0.2) is 34.2 Å². The van der Waals surface area contributed by atoms with Crippen molar-refractivity contribution in [1.82, 2.24) is 9.88 Å². The first-order valence-corrected chi connectivity index (χ1v) is 5.14. The zero-order chi connectivity index (χ0) is 9.80. The van der Waals surface area contributed by atoms with Gasteiger partial charge in [0.15, 0.2) is 0 Å². The van der Waals surface area contributed by atoms with Crippen molar-refractivity contribution in [2.75, 3.05) is 13.1 Å². The van der Waals surface area contributed by atoms with E-state index in [0.29, 0.717) is 0 Å². The molecule has 1 aromatic heterocycles. The minimum Gasteiger partial charge on any atom is -0.392 e. The molecule has 14 heavy (non-hydrogen) atoms. The van der Waals surface area contributed by atoms with Crippen LogP contribution in [0, 0.1) is 0 Å². The molecule has 0 aliphatic carbocycles. The monoisotopic (exact) mass is 192 g/mol. The molecule has 0 bridgehead atoms. The fourth-order valence-electron chi connectivity index (χ4n) is 1.92. The number of β-amino-alcohol motifs (C(OH)–C–C–N with tert-alkyl or cyclic N) is 1. The average molecular weight is 192 g/mol. The van der Waals surface area contributed by atoms with Crippen LogP contribution < -0.4 is 0 Å². The molecule has 3 heteroatoms. The summed E-state index contributed by atoms with van der Waals surface area (Å²) in [5.41, 5.74) is 1.27. The minimum absolute atomic E-state index is 0.134. The molecule has 76 valence electrons. The fraction of sp³-hybridized carbons (Fsp3) is 0.545. The first kappa shape index (κ1) is 9.62. The van der Waals surface area contributed by atoms with Gasteiger partial charge in [-0.15, -0.1) is 0 Å². The molecule has 3 nitrogen and oxygen atoms in total. The normalized spacial score (nSPS) is 23.6. The molecule has 0 saturated carbocycles. The maximum Gasteiger partial charge on any atom is 0.0667 e. The summed E-state index contributed by atoms with van der Waals surface area (Å²) in [6.07, 6.45) is 5.55. The Labute approximate surface area is 84.4 Å². The fourth-order valence-corrected chi connectivity index (χ4v) is 1.92. The molecule has 0 spiro atoms. The SMILES string of the molecule is O[C@@H]1CCCN(Cc2ccncc2)C1. The van der Waals surface area contributed by atoms with Gasteiger partial charge in [0.05, 0.1) is 6.10 Å². The van der Waals surface area contributed by atoms with Gasteiger partial charge in [-0.2, -0.15) is 0 Å². The van der Waals surface area contributed by atoms with Gasteiger partial charge in [-0.25, -0.2) is 0 Å². The van der Waals surface area contributed by atoms with E-state index in [9.17, 15) is 5.11 Å². The van der Waals surface area contributed by atoms with Crippen LogP contribution in [0.4, 0.5) is 0 Å². The number of rotatable bonds is 2. The molecule has 1 fully saturated rings. The number of likely N-dealkylation sites (tertiary alicyclic amines) is 1. The molecule has 1 aliphatic rings. The second-order valence-electron chi connectivity index (χ2n) is 3.89. The summed E-state index contributed by atoms with van der Waals surface area (Å²) in [5, 5.41) is 9.50. The molecular weight excluding hydrogens is 176 g/mol. The number of hydrogen-bond acceptors (Lipinski definition) is 3. The zero-order valence-electron chi connectivity index (χ0n) is 8.26. The molecule has 1 atom stereocenters. The third-order valence-corrected chi connectivity index (χ3v) is 2.64. The lowest BCUT2D eigenvalue weighted by atomic mass is 10.1. The molecule has 2 heterocycles. The Balaban J connectivity index is 1.91. The van der Waals surface area contributed by atoms with Crippen LogP contribution in [0.15, 0.2) is 24.5 Å². The predicted molar refractivity (Wildman–Crippen MR) is 54.8 cm³/mol. The van der Waals surface area contributed by atoms with Gasteiger partial charge in [0.1, 0.15) is 0 Å². The van der Waals surface area contributed by atoms with Crippen LogP contribution in [-0.2, 0) is 6.54 Å². The molecule has 1 aliphatic heterocycles. The van der Waals surface area contributed by atoms with E-state index in [4.69, 9.17) is 0 Å². The Kier molecular flexibility index (Phi) is 3.11. The molecule has 1 aromatic rings. The van der Waals surface area contributed by atoms with Gasteiger partial charge < -0.3 is 5.11 Å². The Morgan fingerprint density at radius 1 is 1.43 bits per heavy atom. The van der Waals surface area contributed by atoms with Gasteiger partial charge >= 0.3 is 0 Å². The van der Waals surface area contributed by atoms with Crippen LogP contribution in [0.1, 0.15) is 18.4 Å². The van der Waals surface area contributed by atoms with Gasteiger partial charge in [-0.3, -0.25) is 9.88 Å². The first-order valence-electron chi connectivity index (χ1n) is 5.14. The van der Waals surface area contributed by atoms with Crippen molar-refractivity contribution in [2.24, 2.45) is 0 Å². The predicted octanol–water partition coefficient (Wildman–Crippen LogP) is 1.04. The van der Waals surface area contributed by atoms with E-state index in [1.807, 2.05) is 24.5 Å². The summed E-state index contributed by atoms with van der Waals surface area (Å²) >= 11 is 0. The van der Waals surface area contributed by atoms with Crippen LogP contribution in [0.3, 0.4) is 0 Å². The number of aliphatic hydroxyl groups is 1. The van der Waals surface area contributed by atoms with Gasteiger partial charge in [0, 0.05) is 25.5 Å². The topological polar surface area (TPSA) is 36.4 Å². The van der Waals surface area contributed by atoms with Crippen molar-refractivity contribution in [2.45, 2.75) is 25.5 Å². The van der Waals surface area contributed by atoms with Crippen molar-refractivity contribution in [1.29, 1.82) is 0 Å². The summed E-state index contributed by atoms with van der Waals surface area (Å²) in [4.78, 5) is 6.28. The van der Waals surface area contributed by atoms with E-state index in [-0.39, 0.29) is 6.10 Å². The number of piperidine rings is 1. The third-order valence-electron chi connectivity index (χ3n) is 2.64. The molecular formula is C11H16N2O. The van der Waals surface area contributed by atoms with Crippen LogP contribution in [0.25, 0.3) is 0 Å². The summed E-state index contributed by atoms with van der Waals surface area (Å²) < 4.78 is 0. The van der Waals surface area contributed by atoms with Crippen molar-refractivity contribution in [3.63, 3.8) is 0 Å². The molecule has 0 unspecified atom stereocenters. The average Bonchev–Trinajstić information content (AvgIpc) is 2.19. The highest BCUT2D eigenvalue weighted by Gasteiger charge is 2.17. The van der Waals surface area contributed by atoms with Gasteiger partial charge in [0.2, 0.25) is 0 Å². The Morgan fingerprint density at radius 3 is 2.93 bits per heavy atom. The van der Waals surface area contributed by atoms with Gasteiger partial charge in [-0.05, 0) is 37.1 Å². The van der Waals surface area contributed by atoms with E-state index < -0.39 is 0 Å². The van der Waals surface area contributed by atoms with Gasteiger partial charge in [-0.1, -0.05) is 0 Å². The Bertz CT molecular complexity index is 276. The van der Waals surface area contributed by atoms with E-state index in [1.165, 1.54) is 5.56 Å².